The number of ether oxygens (including phenoxy) is 2. The molecule has 1 heterocycles. The van der Waals surface area contributed by atoms with Crippen molar-refractivity contribution in [1.82, 2.24) is 10.2 Å². The number of amides is 2. The van der Waals surface area contributed by atoms with Crippen molar-refractivity contribution < 1.29 is 23.5 Å². The van der Waals surface area contributed by atoms with Gasteiger partial charge in [0.15, 0.2) is 11.5 Å². The zero-order chi connectivity index (χ0) is 18.2. The summed E-state index contributed by atoms with van der Waals surface area (Å²) in [5.41, 5.74) is 0.457. The van der Waals surface area contributed by atoms with E-state index in [1.165, 1.54) is 21.1 Å². The molecule has 0 fully saturated rings. The predicted octanol–water partition coefficient (Wildman–Crippen LogP) is 2.08. The lowest BCUT2D eigenvalue weighted by atomic mass is 10.2. The van der Waals surface area contributed by atoms with Crippen LogP contribution in [0.15, 0.2) is 41.0 Å². The van der Waals surface area contributed by atoms with Crippen LogP contribution in [-0.4, -0.2) is 44.0 Å². The first-order chi connectivity index (χ1) is 12.0. The van der Waals surface area contributed by atoms with E-state index >= 15 is 0 Å². The quantitative estimate of drug-likeness (QED) is 0.791. The molecule has 1 aromatic carbocycles. The standard InChI is InChI=1S/C18H22N2O5/c1-13(21)20(12-15-5-4-10-25-15)9-8-19-18(22)14-6-7-16(23-2)17(11-14)24-3/h4-7,10-11H,8-9,12H2,1-3H3,(H,19,22). The molecule has 7 heteroatoms. The molecule has 0 aliphatic carbocycles. The molecule has 2 rings (SSSR count). The van der Waals surface area contributed by atoms with Gasteiger partial charge < -0.3 is 24.1 Å². The minimum atomic E-state index is -0.248. The third-order valence-electron chi connectivity index (χ3n) is 3.69. The molecule has 0 spiro atoms. The van der Waals surface area contributed by atoms with Crippen molar-refractivity contribution in [2.24, 2.45) is 0 Å². The van der Waals surface area contributed by atoms with Gasteiger partial charge in [0, 0.05) is 25.6 Å². The Kier molecular flexibility index (Phi) is 6.45. The Labute approximate surface area is 146 Å². The summed E-state index contributed by atoms with van der Waals surface area (Å²) in [6.07, 6.45) is 1.56. The number of furan rings is 1. The molecule has 0 bridgehead atoms. The fourth-order valence-electron chi connectivity index (χ4n) is 2.32. The van der Waals surface area contributed by atoms with E-state index in [1.807, 2.05) is 0 Å². The van der Waals surface area contributed by atoms with Crippen LogP contribution in [0.1, 0.15) is 23.0 Å². The number of rotatable bonds is 8. The smallest absolute Gasteiger partial charge is 0.251 e. The molecule has 25 heavy (non-hydrogen) atoms. The highest BCUT2D eigenvalue weighted by Gasteiger charge is 2.13. The lowest BCUT2D eigenvalue weighted by molar-refractivity contribution is -0.129. The molecule has 7 nitrogen and oxygen atoms in total. The number of nitrogens with zero attached hydrogens (tertiary/aromatic N) is 1. The topological polar surface area (TPSA) is 81.0 Å². The second-order valence-electron chi connectivity index (χ2n) is 5.35. The van der Waals surface area contributed by atoms with Crippen molar-refractivity contribution in [2.75, 3.05) is 27.3 Å². The van der Waals surface area contributed by atoms with Gasteiger partial charge in [-0.2, -0.15) is 0 Å². The van der Waals surface area contributed by atoms with Crippen LogP contribution >= 0.6 is 0 Å². The van der Waals surface area contributed by atoms with Crippen LogP contribution < -0.4 is 14.8 Å². The van der Waals surface area contributed by atoms with Gasteiger partial charge in [-0.05, 0) is 30.3 Å². The summed E-state index contributed by atoms with van der Waals surface area (Å²) in [5.74, 6) is 1.40. The maximum absolute atomic E-state index is 12.3. The Hall–Kier alpha value is -2.96. The zero-order valence-corrected chi connectivity index (χ0v) is 14.6. The van der Waals surface area contributed by atoms with E-state index in [1.54, 1.807) is 41.5 Å². The molecule has 0 atom stereocenters. The van der Waals surface area contributed by atoms with Gasteiger partial charge in [-0.15, -0.1) is 0 Å². The second-order valence-corrected chi connectivity index (χ2v) is 5.35. The van der Waals surface area contributed by atoms with Crippen molar-refractivity contribution >= 4 is 11.8 Å². The Morgan fingerprint density at radius 1 is 1.16 bits per heavy atom. The molecular formula is C18H22N2O5. The van der Waals surface area contributed by atoms with Crippen LogP contribution in [0.4, 0.5) is 0 Å². The lowest BCUT2D eigenvalue weighted by Crippen LogP contribution is -2.37. The van der Waals surface area contributed by atoms with Gasteiger partial charge in [0.05, 0.1) is 27.0 Å². The van der Waals surface area contributed by atoms with Gasteiger partial charge in [0.25, 0.3) is 5.91 Å². The van der Waals surface area contributed by atoms with E-state index in [0.717, 1.165) is 0 Å². The predicted molar refractivity (Wildman–Crippen MR) is 91.7 cm³/mol. The molecule has 0 aliphatic rings. The van der Waals surface area contributed by atoms with Gasteiger partial charge in [-0.1, -0.05) is 0 Å². The SMILES string of the molecule is COc1ccc(C(=O)NCCN(Cc2ccco2)C(C)=O)cc1OC. The van der Waals surface area contributed by atoms with Crippen LogP contribution in [0.2, 0.25) is 0 Å². The average molecular weight is 346 g/mol. The highest BCUT2D eigenvalue weighted by Crippen LogP contribution is 2.27. The highest BCUT2D eigenvalue weighted by atomic mass is 16.5. The van der Waals surface area contributed by atoms with Crippen molar-refractivity contribution in [2.45, 2.75) is 13.5 Å². The van der Waals surface area contributed by atoms with Gasteiger partial charge >= 0.3 is 0 Å². The first-order valence-corrected chi connectivity index (χ1v) is 7.83. The van der Waals surface area contributed by atoms with Crippen molar-refractivity contribution in [3.05, 3.63) is 47.9 Å². The average Bonchev–Trinajstić information content (AvgIpc) is 3.13. The molecule has 1 aromatic heterocycles. The third kappa shape index (κ3) is 5.00. The number of carbonyl (C=O) groups excluding carboxylic acids is 2. The van der Waals surface area contributed by atoms with E-state index in [2.05, 4.69) is 5.32 Å². The maximum atomic E-state index is 12.3. The Morgan fingerprint density at radius 2 is 1.92 bits per heavy atom. The van der Waals surface area contributed by atoms with Gasteiger partial charge in [-0.25, -0.2) is 0 Å². The minimum Gasteiger partial charge on any atom is -0.493 e. The van der Waals surface area contributed by atoms with E-state index < -0.39 is 0 Å². The first kappa shape index (κ1) is 18.4. The van der Waals surface area contributed by atoms with E-state index in [9.17, 15) is 9.59 Å². The van der Waals surface area contributed by atoms with Crippen LogP contribution in [0.5, 0.6) is 11.5 Å². The lowest BCUT2D eigenvalue weighted by Gasteiger charge is -2.20. The molecule has 2 aromatic rings. The molecule has 1 N–H and O–H groups in total. The van der Waals surface area contributed by atoms with Crippen LogP contribution in [0.25, 0.3) is 0 Å². The summed E-state index contributed by atoms with van der Waals surface area (Å²) < 4.78 is 15.6. The molecular weight excluding hydrogens is 324 g/mol. The summed E-state index contributed by atoms with van der Waals surface area (Å²) in [6.45, 7) is 2.57. The molecule has 0 unspecified atom stereocenters. The first-order valence-electron chi connectivity index (χ1n) is 7.83. The Balaban J connectivity index is 1.91. The summed E-state index contributed by atoms with van der Waals surface area (Å²) in [7, 11) is 3.05. The number of benzene rings is 1. The van der Waals surface area contributed by atoms with Gasteiger partial charge in [0.2, 0.25) is 5.91 Å². The fourth-order valence-corrected chi connectivity index (χ4v) is 2.32. The van der Waals surface area contributed by atoms with E-state index in [0.29, 0.717) is 42.5 Å². The summed E-state index contributed by atoms with van der Waals surface area (Å²) in [4.78, 5) is 25.6. The van der Waals surface area contributed by atoms with Crippen LogP contribution in [0.3, 0.4) is 0 Å². The molecule has 2 amide bonds. The Morgan fingerprint density at radius 3 is 2.52 bits per heavy atom. The van der Waals surface area contributed by atoms with Crippen LogP contribution in [-0.2, 0) is 11.3 Å². The van der Waals surface area contributed by atoms with Crippen molar-refractivity contribution in [1.29, 1.82) is 0 Å². The highest BCUT2D eigenvalue weighted by molar-refractivity contribution is 5.94. The number of carbonyl (C=O) groups is 2. The molecule has 0 saturated heterocycles. The minimum absolute atomic E-state index is 0.0863. The maximum Gasteiger partial charge on any atom is 0.251 e. The Bertz CT molecular complexity index is 712. The fraction of sp³-hybridized carbons (Fsp3) is 0.333. The number of hydrogen-bond donors (Lipinski definition) is 1. The molecule has 0 radical (unpaired) electrons. The zero-order valence-electron chi connectivity index (χ0n) is 14.6. The second kappa shape index (κ2) is 8.77. The molecule has 0 aliphatic heterocycles. The number of hydrogen-bond acceptors (Lipinski definition) is 5. The summed E-state index contributed by atoms with van der Waals surface area (Å²) in [5, 5.41) is 2.79. The number of nitrogens with one attached hydrogen (secondary N) is 1. The van der Waals surface area contributed by atoms with Gasteiger partial charge in [-0.3, -0.25) is 9.59 Å². The van der Waals surface area contributed by atoms with Crippen molar-refractivity contribution in [3.8, 4) is 11.5 Å². The molecule has 134 valence electrons. The van der Waals surface area contributed by atoms with E-state index in [-0.39, 0.29) is 11.8 Å². The van der Waals surface area contributed by atoms with Crippen molar-refractivity contribution in [3.63, 3.8) is 0 Å². The summed E-state index contributed by atoms with van der Waals surface area (Å²) in [6, 6.07) is 8.51. The van der Waals surface area contributed by atoms with Gasteiger partial charge in [0.1, 0.15) is 5.76 Å². The van der Waals surface area contributed by atoms with Crippen LogP contribution in [0, 0.1) is 0 Å². The van der Waals surface area contributed by atoms with E-state index in [4.69, 9.17) is 13.9 Å². The number of methoxy groups -OCH3 is 2. The normalized spacial score (nSPS) is 10.2. The largest absolute Gasteiger partial charge is 0.493 e. The monoisotopic (exact) mass is 346 g/mol. The third-order valence-corrected chi connectivity index (χ3v) is 3.69. The molecule has 0 saturated carbocycles. The summed E-state index contributed by atoms with van der Waals surface area (Å²) >= 11 is 0.